The van der Waals surface area contributed by atoms with Crippen molar-refractivity contribution in [2.75, 3.05) is 30.8 Å². The van der Waals surface area contributed by atoms with Crippen LogP contribution in [0.5, 0.6) is 0 Å². The molecule has 0 fully saturated rings. The van der Waals surface area contributed by atoms with Gasteiger partial charge in [-0.05, 0) is 34.2 Å². The van der Waals surface area contributed by atoms with E-state index < -0.39 is 0 Å². The van der Waals surface area contributed by atoms with E-state index in [1.165, 1.54) is 0 Å². The number of halogens is 1. The van der Waals surface area contributed by atoms with E-state index in [1.807, 2.05) is 0 Å². The Morgan fingerprint density at radius 1 is 1.44 bits per heavy atom. The molecule has 1 aromatic heterocycles. The molecule has 0 bridgehead atoms. The molecule has 0 spiro atoms. The summed E-state index contributed by atoms with van der Waals surface area (Å²) in [6.45, 7) is 5.38. The maximum absolute atomic E-state index is 8.87. The summed E-state index contributed by atoms with van der Waals surface area (Å²) >= 11 is 3.42. The Kier molecular flexibility index (Phi) is 5.81. The lowest BCUT2D eigenvalue weighted by molar-refractivity contribution is 0.248. The zero-order chi connectivity index (χ0) is 13.6. The second-order valence-corrected chi connectivity index (χ2v) is 5.84. The van der Waals surface area contributed by atoms with Gasteiger partial charge in [-0.25, -0.2) is 4.98 Å². The van der Waals surface area contributed by atoms with Crippen LogP contribution in [0.4, 0.5) is 11.8 Å². The fourth-order valence-corrected chi connectivity index (χ4v) is 1.91. The van der Waals surface area contributed by atoms with E-state index in [9.17, 15) is 0 Å². The minimum atomic E-state index is 0.118. The predicted octanol–water partition coefficient (Wildman–Crippen LogP) is 2.49. The summed E-state index contributed by atoms with van der Waals surface area (Å²) in [7, 11) is 1.79. The minimum absolute atomic E-state index is 0.118. The molecular formula is C12H21BrN4O. The molecular weight excluding hydrogens is 296 g/mol. The molecule has 0 unspecified atom stereocenters. The summed E-state index contributed by atoms with van der Waals surface area (Å²) in [6.07, 6.45) is 3.52. The van der Waals surface area contributed by atoms with Crippen molar-refractivity contribution in [3.05, 3.63) is 10.7 Å². The molecule has 5 nitrogen and oxygen atoms in total. The summed E-state index contributed by atoms with van der Waals surface area (Å²) in [5.41, 5.74) is 0.118. The number of anilines is 2. The quantitative estimate of drug-likeness (QED) is 0.721. The lowest BCUT2D eigenvalue weighted by Crippen LogP contribution is -2.24. The van der Waals surface area contributed by atoms with Crippen molar-refractivity contribution in [2.24, 2.45) is 5.41 Å². The Bertz CT molecular complexity index is 384. The highest BCUT2D eigenvalue weighted by Gasteiger charge is 2.18. The molecule has 3 N–H and O–H groups in total. The second kappa shape index (κ2) is 6.89. The van der Waals surface area contributed by atoms with Gasteiger partial charge in [-0.15, -0.1) is 0 Å². The molecule has 1 rings (SSSR count). The third-order valence-corrected chi connectivity index (χ3v) is 3.29. The third-order valence-electron chi connectivity index (χ3n) is 2.71. The van der Waals surface area contributed by atoms with Gasteiger partial charge in [-0.3, -0.25) is 0 Å². The van der Waals surface area contributed by atoms with E-state index in [0.717, 1.165) is 29.7 Å². The highest BCUT2D eigenvalue weighted by Crippen LogP contribution is 2.25. The van der Waals surface area contributed by atoms with Crippen LogP contribution in [0.1, 0.15) is 26.7 Å². The standard InChI is InChI=1S/C12H21BrN4O/c1-12(2,5-4-6-18)8-16-10-9(13)7-15-11(14-3)17-10/h7,18H,4-6,8H2,1-3H3,(H2,14,15,16,17). The number of aromatic nitrogens is 2. The van der Waals surface area contributed by atoms with Crippen molar-refractivity contribution in [2.45, 2.75) is 26.7 Å². The van der Waals surface area contributed by atoms with Crippen LogP contribution in [0.2, 0.25) is 0 Å². The molecule has 1 aromatic rings. The summed E-state index contributed by atoms with van der Waals surface area (Å²) in [5.74, 6) is 1.38. The molecule has 1 heterocycles. The number of nitrogens with one attached hydrogen (secondary N) is 2. The van der Waals surface area contributed by atoms with E-state index in [0.29, 0.717) is 5.95 Å². The molecule has 0 atom stereocenters. The molecule has 102 valence electrons. The van der Waals surface area contributed by atoms with E-state index in [-0.39, 0.29) is 12.0 Å². The van der Waals surface area contributed by atoms with Crippen LogP contribution in [0.3, 0.4) is 0 Å². The highest BCUT2D eigenvalue weighted by atomic mass is 79.9. The van der Waals surface area contributed by atoms with Crippen LogP contribution in [0.25, 0.3) is 0 Å². The highest BCUT2D eigenvalue weighted by molar-refractivity contribution is 9.10. The largest absolute Gasteiger partial charge is 0.396 e. The summed E-state index contributed by atoms with van der Waals surface area (Å²) in [6, 6.07) is 0. The average Bonchev–Trinajstić information content (AvgIpc) is 2.35. The number of hydrogen-bond donors (Lipinski definition) is 3. The first kappa shape index (κ1) is 15.2. The predicted molar refractivity (Wildman–Crippen MR) is 77.9 cm³/mol. The Labute approximate surface area is 117 Å². The van der Waals surface area contributed by atoms with E-state index >= 15 is 0 Å². The average molecular weight is 317 g/mol. The first-order valence-corrected chi connectivity index (χ1v) is 6.83. The number of rotatable bonds is 7. The summed E-state index contributed by atoms with van der Waals surface area (Å²) in [5, 5.41) is 15.1. The van der Waals surface area contributed by atoms with Crippen LogP contribution >= 0.6 is 15.9 Å². The lowest BCUT2D eigenvalue weighted by atomic mass is 9.88. The van der Waals surface area contributed by atoms with Crippen molar-refractivity contribution in [1.29, 1.82) is 0 Å². The molecule has 18 heavy (non-hydrogen) atoms. The van der Waals surface area contributed by atoms with Crippen LogP contribution < -0.4 is 10.6 Å². The van der Waals surface area contributed by atoms with Crippen molar-refractivity contribution in [3.8, 4) is 0 Å². The van der Waals surface area contributed by atoms with Gasteiger partial charge in [0.15, 0.2) is 0 Å². The number of nitrogens with zero attached hydrogens (tertiary/aromatic N) is 2. The van der Waals surface area contributed by atoms with Gasteiger partial charge in [0.1, 0.15) is 5.82 Å². The van der Waals surface area contributed by atoms with E-state index in [2.05, 4.69) is 50.4 Å². The molecule has 0 saturated heterocycles. The number of aliphatic hydroxyl groups is 1. The smallest absolute Gasteiger partial charge is 0.224 e. The van der Waals surface area contributed by atoms with Crippen molar-refractivity contribution in [3.63, 3.8) is 0 Å². The lowest BCUT2D eigenvalue weighted by Gasteiger charge is -2.25. The molecule has 0 radical (unpaired) electrons. The molecule has 0 amide bonds. The Hall–Kier alpha value is -0.880. The zero-order valence-corrected chi connectivity index (χ0v) is 12.7. The van der Waals surface area contributed by atoms with Crippen molar-refractivity contribution in [1.82, 2.24) is 9.97 Å². The van der Waals surface area contributed by atoms with Crippen LogP contribution in [-0.2, 0) is 0 Å². The van der Waals surface area contributed by atoms with Crippen LogP contribution in [-0.4, -0.2) is 35.3 Å². The molecule has 0 aliphatic rings. The first-order chi connectivity index (χ1) is 8.48. The third kappa shape index (κ3) is 4.78. The van der Waals surface area contributed by atoms with E-state index in [4.69, 9.17) is 5.11 Å². The maximum Gasteiger partial charge on any atom is 0.224 e. The molecule has 0 aliphatic heterocycles. The summed E-state index contributed by atoms with van der Waals surface area (Å²) in [4.78, 5) is 8.45. The fraction of sp³-hybridized carbons (Fsp3) is 0.667. The van der Waals surface area contributed by atoms with Gasteiger partial charge >= 0.3 is 0 Å². The second-order valence-electron chi connectivity index (χ2n) is 4.99. The SMILES string of the molecule is CNc1ncc(Br)c(NCC(C)(C)CCCO)n1. The molecule has 0 aromatic carbocycles. The van der Waals surface area contributed by atoms with E-state index in [1.54, 1.807) is 13.2 Å². The van der Waals surface area contributed by atoms with Gasteiger partial charge in [-0.2, -0.15) is 4.98 Å². The molecule has 6 heteroatoms. The molecule has 0 aliphatic carbocycles. The Balaban J connectivity index is 2.62. The monoisotopic (exact) mass is 316 g/mol. The topological polar surface area (TPSA) is 70.1 Å². The molecule has 0 saturated carbocycles. The number of aliphatic hydroxyl groups excluding tert-OH is 1. The van der Waals surface area contributed by atoms with Gasteiger partial charge < -0.3 is 15.7 Å². The normalized spacial score (nSPS) is 11.4. The number of hydrogen-bond acceptors (Lipinski definition) is 5. The van der Waals surface area contributed by atoms with Crippen molar-refractivity contribution >= 4 is 27.7 Å². The van der Waals surface area contributed by atoms with Crippen LogP contribution in [0, 0.1) is 5.41 Å². The van der Waals surface area contributed by atoms with Gasteiger partial charge in [0.05, 0.1) is 4.47 Å². The van der Waals surface area contributed by atoms with Gasteiger partial charge in [0.25, 0.3) is 0 Å². The van der Waals surface area contributed by atoms with Gasteiger partial charge in [-0.1, -0.05) is 13.8 Å². The fourth-order valence-electron chi connectivity index (χ4n) is 1.58. The van der Waals surface area contributed by atoms with Crippen LogP contribution in [0.15, 0.2) is 10.7 Å². The first-order valence-electron chi connectivity index (χ1n) is 6.03. The van der Waals surface area contributed by atoms with Crippen molar-refractivity contribution < 1.29 is 5.11 Å². The Morgan fingerprint density at radius 2 is 2.17 bits per heavy atom. The minimum Gasteiger partial charge on any atom is -0.396 e. The maximum atomic E-state index is 8.87. The zero-order valence-electron chi connectivity index (χ0n) is 11.1. The van der Waals surface area contributed by atoms with Gasteiger partial charge in [0.2, 0.25) is 5.95 Å². The Morgan fingerprint density at radius 3 is 2.78 bits per heavy atom. The van der Waals surface area contributed by atoms with Gasteiger partial charge in [0, 0.05) is 26.4 Å². The summed E-state index contributed by atoms with van der Waals surface area (Å²) < 4.78 is 0.847.